The number of nitrogens with two attached hydrogens (primary N) is 1. The molecule has 1 atom stereocenters. The predicted octanol–water partition coefficient (Wildman–Crippen LogP) is 2.81. The van der Waals surface area contributed by atoms with E-state index in [1.54, 1.807) is 12.1 Å². The van der Waals surface area contributed by atoms with E-state index in [0.29, 0.717) is 5.76 Å². The summed E-state index contributed by atoms with van der Waals surface area (Å²) in [6.07, 6.45) is -3.42. The summed E-state index contributed by atoms with van der Waals surface area (Å²) < 4.78 is 46.1. The van der Waals surface area contributed by atoms with Crippen LogP contribution in [0, 0.1) is 0 Å². The topological polar surface area (TPSA) is 93.0 Å². The van der Waals surface area contributed by atoms with Gasteiger partial charge in [0.05, 0.1) is 18.5 Å². The fourth-order valence-electron chi connectivity index (χ4n) is 1.86. The lowest BCUT2D eigenvalue weighted by Gasteiger charge is -2.19. The highest BCUT2D eigenvalue weighted by Crippen LogP contribution is 2.29. The Bertz CT molecular complexity index is 697. The van der Waals surface area contributed by atoms with E-state index in [1.807, 2.05) is 0 Å². The van der Waals surface area contributed by atoms with Crippen molar-refractivity contribution in [2.24, 2.45) is 10.7 Å². The second-order valence-electron chi connectivity index (χ2n) is 5.12. The minimum atomic E-state index is -4.83. The van der Waals surface area contributed by atoms with Gasteiger partial charge >= 0.3 is 6.36 Å². The molecule has 0 fully saturated rings. The smallest absolute Gasteiger partial charge is 0.466 e. The number of furan rings is 1. The van der Waals surface area contributed by atoms with Gasteiger partial charge in [-0.3, -0.25) is 0 Å². The van der Waals surface area contributed by atoms with Crippen molar-refractivity contribution in [2.45, 2.75) is 18.9 Å². The van der Waals surface area contributed by atoms with Gasteiger partial charge in [0.1, 0.15) is 11.4 Å². The molecule has 1 unspecified atom stereocenters. The maximum Gasteiger partial charge on any atom is 0.573 e. The molecule has 2 aromatic rings. The summed E-state index contributed by atoms with van der Waals surface area (Å²) in [6, 6.07) is 8.58. The first-order chi connectivity index (χ1) is 11.2. The van der Waals surface area contributed by atoms with Crippen molar-refractivity contribution in [3.8, 4) is 5.75 Å². The number of ether oxygens (including phenoxy) is 1. The summed E-state index contributed by atoms with van der Waals surface area (Å²) in [7, 11) is 0. The molecule has 0 spiro atoms. The number of guanidine groups is 1. The van der Waals surface area contributed by atoms with Crippen molar-refractivity contribution in [3.05, 3.63) is 48.4 Å². The molecule has 1 aromatic carbocycles. The summed E-state index contributed by atoms with van der Waals surface area (Å²) in [5, 5.41) is 12.8. The average Bonchev–Trinajstić information content (AvgIpc) is 3.01. The summed E-state index contributed by atoms with van der Waals surface area (Å²) in [4.78, 5) is 3.92. The molecule has 0 amide bonds. The number of hydrogen-bond acceptors (Lipinski definition) is 4. The summed E-state index contributed by atoms with van der Waals surface area (Å²) in [5.41, 5.74) is 4.25. The number of nitrogens with one attached hydrogen (secondary N) is 1. The van der Waals surface area contributed by atoms with Crippen molar-refractivity contribution in [1.82, 2.24) is 0 Å². The zero-order valence-corrected chi connectivity index (χ0v) is 12.7. The van der Waals surface area contributed by atoms with Crippen molar-refractivity contribution >= 4 is 11.6 Å². The second-order valence-corrected chi connectivity index (χ2v) is 5.12. The molecule has 130 valence electrons. The lowest BCUT2D eigenvalue weighted by Crippen LogP contribution is -2.29. The van der Waals surface area contributed by atoms with Crippen molar-refractivity contribution in [2.75, 3.05) is 11.9 Å². The first-order valence-corrected chi connectivity index (χ1v) is 6.85. The van der Waals surface area contributed by atoms with Gasteiger partial charge < -0.3 is 25.3 Å². The average molecular weight is 343 g/mol. The molecule has 0 aliphatic rings. The molecule has 1 aromatic heterocycles. The molecular formula is C15H16F3N3O3. The van der Waals surface area contributed by atoms with E-state index in [9.17, 15) is 18.3 Å². The van der Waals surface area contributed by atoms with Crippen LogP contribution in [0.15, 0.2) is 52.1 Å². The molecule has 2 rings (SSSR count). The van der Waals surface area contributed by atoms with Gasteiger partial charge in [-0.05, 0) is 31.2 Å². The molecule has 4 N–H and O–H groups in total. The first kappa shape index (κ1) is 17.7. The van der Waals surface area contributed by atoms with Gasteiger partial charge in [0.15, 0.2) is 11.7 Å². The van der Waals surface area contributed by atoms with E-state index in [0.717, 1.165) is 6.07 Å². The number of anilines is 1. The zero-order valence-electron chi connectivity index (χ0n) is 12.7. The second kappa shape index (κ2) is 6.83. The number of aliphatic imine (C=N–C) groups is 1. The molecule has 1 heterocycles. The number of benzene rings is 1. The predicted molar refractivity (Wildman–Crippen MR) is 81.5 cm³/mol. The zero-order chi connectivity index (χ0) is 17.8. The van der Waals surface area contributed by atoms with E-state index in [2.05, 4.69) is 15.0 Å². The van der Waals surface area contributed by atoms with E-state index in [1.165, 1.54) is 31.4 Å². The number of halogens is 3. The molecular weight excluding hydrogens is 327 g/mol. The lowest BCUT2D eigenvalue weighted by atomic mass is 10.0. The lowest BCUT2D eigenvalue weighted by molar-refractivity contribution is -0.274. The van der Waals surface area contributed by atoms with Gasteiger partial charge in [-0.1, -0.05) is 12.1 Å². The largest absolute Gasteiger partial charge is 0.573 e. The van der Waals surface area contributed by atoms with E-state index in [-0.39, 0.29) is 18.2 Å². The number of para-hydroxylation sites is 2. The van der Waals surface area contributed by atoms with Crippen molar-refractivity contribution in [3.63, 3.8) is 0 Å². The number of alkyl halides is 3. The number of aliphatic hydroxyl groups is 1. The fourth-order valence-corrected chi connectivity index (χ4v) is 1.86. The molecule has 6 nitrogen and oxygen atoms in total. The Kier molecular flexibility index (Phi) is 5.03. The Morgan fingerprint density at radius 2 is 2.00 bits per heavy atom. The van der Waals surface area contributed by atoms with Gasteiger partial charge in [0.2, 0.25) is 0 Å². The van der Waals surface area contributed by atoms with Crippen LogP contribution in [0.2, 0.25) is 0 Å². The SMILES string of the molecule is CC(O)(CN=C(N)Nc1ccccc1OC(F)(F)F)c1ccco1. The third kappa shape index (κ3) is 4.92. The molecule has 24 heavy (non-hydrogen) atoms. The third-order valence-corrected chi connectivity index (χ3v) is 2.98. The monoisotopic (exact) mass is 343 g/mol. The number of rotatable bonds is 5. The molecule has 0 saturated carbocycles. The Morgan fingerprint density at radius 3 is 2.62 bits per heavy atom. The maximum atomic E-state index is 12.4. The Morgan fingerprint density at radius 1 is 1.29 bits per heavy atom. The number of nitrogens with zero attached hydrogens (tertiary/aromatic N) is 1. The minimum Gasteiger partial charge on any atom is -0.466 e. The van der Waals surface area contributed by atoms with E-state index >= 15 is 0 Å². The highest BCUT2D eigenvalue weighted by atomic mass is 19.4. The minimum absolute atomic E-state index is 0.00582. The van der Waals surface area contributed by atoms with Crippen molar-refractivity contribution in [1.29, 1.82) is 0 Å². The normalized spacial score (nSPS) is 15.0. The summed E-state index contributed by atoms with van der Waals surface area (Å²) in [6.45, 7) is 1.32. The van der Waals surface area contributed by atoms with Crippen LogP contribution in [-0.2, 0) is 5.60 Å². The van der Waals surface area contributed by atoms with Crippen LogP contribution in [0.4, 0.5) is 18.9 Å². The van der Waals surface area contributed by atoms with Crippen LogP contribution in [-0.4, -0.2) is 24.0 Å². The van der Waals surface area contributed by atoms with Gasteiger partial charge in [0, 0.05) is 0 Å². The van der Waals surface area contributed by atoms with Gasteiger partial charge in [0.25, 0.3) is 0 Å². The first-order valence-electron chi connectivity index (χ1n) is 6.85. The van der Waals surface area contributed by atoms with Crippen LogP contribution >= 0.6 is 0 Å². The van der Waals surface area contributed by atoms with Gasteiger partial charge in [-0.15, -0.1) is 13.2 Å². The Hall–Kier alpha value is -2.68. The number of hydrogen-bond donors (Lipinski definition) is 3. The van der Waals surface area contributed by atoms with Crippen LogP contribution in [0.25, 0.3) is 0 Å². The molecule has 0 radical (unpaired) electrons. The Labute approximate surface area is 135 Å². The van der Waals surface area contributed by atoms with Crippen LogP contribution < -0.4 is 15.8 Å². The summed E-state index contributed by atoms with van der Waals surface area (Å²) >= 11 is 0. The Balaban J connectivity index is 2.08. The highest BCUT2D eigenvalue weighted by Gasteiger charge is 2.32. The van der Waals surface area contributed by atoms with Gasteiger partial charge in [-0.25, -0.2) is 4.99 Å². The van der Waals surface area contributed by atoms with Crippen LogP contribution in [0.3, 0.4) is 0 Å². The van der Waals surface area contributed by atoms with E-state index < -0.39 is 17.7 Å². The van der Waals surface area contributed by atoms with E-state index in [4.69, 9.17) is 10.2 Å². The maximum absolute atomic E-state index is 12.4. The molecule has 0 bridgehead atoms. The highest BCUT2D eigenvalue weighted by molar-refractivity contribution is 5.93. The molecule has 0 saturated heterocycles. The quantitative estimate of drug-likeness (QED) is 0.573. The van der Waals surface area contributed by atoms with Gasteiger partial charge in [-0.2, -0.15) is 0 Å². The molecule has 0 aliphatic carbocycles. The molecule has 0 aliphatic heterocycles. The van der Waals surface area contributed by atoms with Crippen LogP contribution in [0.5, 0.6) is 5.75 Å². The van der Waals surface area contributed by atoms with Crippen LogP contribution in [0.1, 0.15) is 12.7 Å². The third-order valence-electron chi connectivity index (χ3n) is 2.98. The summed E-state index contributed by atoms with van der Waals surface area (Å²) in [5.74, 6) is -0.333. The fraction of sp³-hybridized carbons (Fsp3) is 0.267. The van der Waals surface area contributed by atoms with Crippen molar-refractivity contribution < 1.29 is 27.4 Å². The standard InChI is InChI=1S/C15H16F3N3O3/c1-14(22,12-7-4-8-23-12)9-20-13(19)21-10-5-2-3-6-11(10)24-15(16,17)18/h2-8,22H,9H2,1H3,(H3,19,20,21). The molecule has 9 heteroatoms.